The van der Waals surface area contributed by atoms with Crippen molar-refractivity contribution in [1.82, 2.24) is 0 Å². The lowest BCUT2D eigenvalue weighted by Crippen LogP contribution is -2.43. The van der Waals surface area contributed by atoms with E-state index in [-0.39, 0.29) is 25.7 Å². The number of aliphatic hydroxyl groups is 1. The van der Waals surface area contributed by atoms with Gasteiger partial charge >= 0.3 is 11.9 Å². The highest BCUT2D eigenvalue weighted by atomic mass is 16.6. The quantitative estimate of drug-likeness (QED) is 0.621. The van der Waals surface area contributed by atoms with E-state index >= 15 is 0 Å². The Labute approximate surface area is 202 Å². The first kappa shape index (κ1) is 10.3. The van der Waals surface area contributed by atoms with Gasteiger partial charge < -0.3 is 14.6 Å². The minimum absolute atomic E-state index is 0.0179. The van der Waals surface area contributed by atoms with Crippen molar-refractivity contribution in [2.75, 3.05) is 0 Å². The van der Waals surface area contributed by atoms with Crippen molar-refractivity contribution < 1.29 is 44.7 Å². The molecule has 1 saturated heterocycles. The number of rotatable bonds is 6. The molecule has 0 bridgehead atoms. The van der Waals surface area contributed by atoms with Crippen molar-refractivity contribution in [2.45, 2.75) is 91.2 Å². The molecule has 30 heavy (non-hydrogen) atoms. The van der Waals surface area contributed by atoms with Crippen LogP contribution in [-0.4, -0.2) is 35.4 Å². The van der Waals surface area contributed by atoms with Gasteiger partial charge in [0.1, 0.15) is 12.2 Å². The monoisotopic (exact) mass is 433 g/mol. The fraction of sp³-hybridized carbons (Fsp3) is 0.760. The molecule has 1 N–H and O–H groups in total. The maximum Gasteiger partial charge on any atom is 0.311 e. The first-order valence-corrected chi connectivity index (χ1v) is 9.97. The largest absolute Gasteiger partial charge is 0.462 e. The highest BCUT2D eigenvalue weighted by Gasteiger charge is 2.43. The number of allylic oxidation sites excluding steroid dienone is 3. The van der Waals surface area contributed by atoms with Crippen molar-refractivity contribution in [3.05, 3.63) is 23.7 Å². The molecule has 1 fully saturated rings. The molecule has 3 rings (SSSR count). The van der Waals surface area contributed by atoms with E-state index in [1.54, 1.807) is 0 Å². The predicted octanol–water partition coefficient (Wildman–Crippen LogP) is 4.59. The third-order valence-corrected chi connectivity index (χ3v) is 5.68. The summed E-state index contributed by atoms with van der Waals surface area (Å²) in [5, 5.41) is 10.0. The summed E-state index contributed by atoms with van der Waals surface area (Å²) in [6.45, 7) is -3.96. The van der Waals surface area contributed by atoms with Crippen LogP contribution in [-0.2, 0) is 19.1 Å². The number of hydrogen-bond donors (Lipinski definition) is 1. The molecular weight excluding hydrogens is 380 g/mol. The van der Waals surface area contributed by atoms with E-state index in [0.29, 0.717) is 0 Å². The summed E-state index contributed by atoms with van der Waals surface area (Å²) in [6.07, 6.45) is -11.5. The Hall–Kier alpha value is -1.62. The van der Waals surface area contributed by atoms with E-state index in [9.17, 15) is 14.7 Å². The number of carbonyl (C=O) groups excluding carboxylic acids is 2. The number of aliphatic hydroxyl groups excluding tert-OH is 1. The molecular formula is C25H38O5. The summed E-state index contributed by atoms with van der Waals surface area (Å²) in [6, 6.07) is -2.71. The summed E-state index contributed by atoms with van der Waals surface area (Å²) in [5.74, 6) is -10.9. The average molecular weight is 434 g/mol. The van der Waals surface area contributed by atoms with E-state index in [0.717, 1.165) is 13.8 Å². The van der Waals surface area contributed by atoms with Crippen LogP contribution in [0.3, 0.4) is 0 Å². The van der Waals surface area contributed by atoms with E-state index < -0.39 is 109 Å². The summed E-state index contributed by atoms with van der Waals surface area (Å²) < 4.78 is 136. The molecule has 1 aliphatic heterocycles. The summed E-state index contributed by atoms with van der Waals surface area (Å²) in [5.41, 5.74) is -3.13. The Bertz CT molecular complexity index is 1280. The summed E-state index contributed by atoms with van der Waals surface area (Å²) in [4.78, 5) is 25.6. The van der Waals surface area contributed by atoms with Gasteiger partial charge in [0.15, 0.2) is 0 Å². The SMILES string of the molecule is [2H]C1=C([2H])[C@]([2H])(C)[C@H](CCC2C[C@@H](O)CC(=O)O2)[C@@H]2C1=C([2H])[C@]([2H])(C([2H])([2H])[2H])C([2H])([2H])C2OC(=O)C(C)(C)C([2H])([2H])C([2H])([2H])[2H]. The van der Waals surface area contributed by atoms with Crippen molar-refractivity contribution >= 4 is 11.9 Å². The van der Waals surface area contributed by atoms with Gasteiger partial charge in [0, 0.05) is 28.8 Å². The lowest BCUT2D eigenvalue weighted by molar-refractivity contribution is -0.166. The van der Waals surface area contributed by atoms with Crippen LogP contribution >= 0.6 is 0 Å². The third kappa shape index (κ3) is 5.16. The fourth-order valence-electron chi connectivity index (χ4n) is 3.91. The number of ether oxygens (including phenoxy) is 2. The molecule has 2 aliphatic carbocycles. The van der Waals surface area contributed by atoms with Gasteiger partial charge in [-0.1, -0.05) is 38.8 Å². The minimum Gasteiger partial charge on any atom is -0.462 e. The fourth-order valence-corrected chi connectivity index (χ4v) is 3.91. The molecule has 3 aliphatic rings. The Balaban J connectivity index is 2.28. The van der Waals surface area contributed by atoms with Crippen LogP contribution in [0.15, 0.2) is 23.7 Å². The van der Waals surface area contributed by atoms with Crippen molar-refractivity contribution in [1.29, 1.82) is 0 Å². The van der Waals surface area contributed by atoms with Gasteiger partial charge in [-0.15, -0.1) is 0 Å². The molecule has 0 aromatic heterocycles. The van der Waals surface area contributed by atoms with Gasteiger partial charge in [0.25, 0.3) is 0 Å². The van der Waals surface area contributed by atoms with Gasteiger partial charge in [-0.3, -0.25) is 9.59 Å². The van der Waals surface area contributed by atoms with Crippen molar-refractivity contribution in [3.63, 3.8) is 0 Å². The van der Waals surface area contributed by atoms with Crippen LogP contribution in [0.25, 0.3) is 0 Å². The number of carbonyl (C=O) groups is 2. The van der Waals surface area contributed by atoms with Gasteiger partial charge in [0.05, 0.1) is 22.1 Å². The average Bonchev–Trinajstić information content (AvgIpc) is 2.86. The van der Waals surface area contributed by atoms with Crippen molar-refractivity contribution in [3.8, 4) is 0 Å². The normalized spacial score (nSPS) is 52.7. The molecule has 0 spiro atoms. The molecule has 2 unspecified atom stereocenters. The third-order valence-electron chi connectivity index (χ3n) is 5.68. The Morgan fingerprint density at radius 3 is 3.03 bits per heavy atom. The molecule has 1 heterocycles. The summed E-state index contributed by atoms with van der Waals surface area (Å²) in [7, 11) is 0. The van der Waals surface area contributed by atoms with E-state index in [1.165, 1.54) is 6.92 Å². The smallest absolute Gasteiger partial charge is 0.311 e. The lowest BCUT2D eigenvalue weighted by Gasteiger charge is -2.44. The van der Waals surface area contributed by atoms with Crippen LogP contribution < -0.4 is 0 Å². The molecule has 5 heteroatoms. The Kier molecular flexibility index (Phi) is 3.19. The van der Waals surface area contributed by atoms with Crippen LogP contribution in [0.5, 0.6) is 0 Å². The van der Waals surface area contributed by atoms with Gasteiger partial charge in [-0.25, -0.2) is 0 Å². The first-order valence-electron chi connectivity index (χ1n) is 17.5. The first-order chi connectivity index (χ1) is 20.0. The second-order valence-corrected chi connectivity index (χ2v) is 8.48. The van der Waals surface area contributed by atoms with Crippen LogP contribution in [0.4, 0.5) is 0 Å². The van der Waals surface area contributed by atoms with E-state index in [4.69, 9.17) is 30.0 Å². The topological polar surface area (TPSA) is 72.8 Å². The zero-order valence-electron chi connectivity index (χ0n) is 32.3. The molecule has 7 atom stereocenters. The molecule has 0 radical (unpaired) electrons. The van der Waals surface area contributed by atoms with Crippen LogP contribution in [0, 0.1) is 29.0 Å². The van der Waals surface area contributed by atoms with E-state index in [1.807, 2.05) is 0 Å². The van der Waals surface area contributed by atoms with Gasteiger partial charge in [0.2, 0.25) is 0 Å². The minimum atomic E-state index is -3.61. The van der Waals surface area contributed by atoms with Crippen molar-refractivity contribution in [2.24, 2.45) is 29.0 Å². The van der Waals surface area contributed by atoms with Gasteiger partial charge in [-0.05, 0) is 62.7 Å². The maximum absolute atomic E-state index is 13.7. The highest BCUT2D eigenvalue weighted by Crippen LogP contribution is 2.45. The van der Waals surface area contributed by atoms with E-state index in [2.05, 4.69) is 0 Å². The zero-order valence-corrected chi connectivity index (χ0v) is 17.3. The number of fused-ring (bicyclic) bond motifs is 1. The summed E-state index contributed by atoms with van der Waals surface area (Å²) >= 11 is 0. The standard InChI is InChI=1S/C25H38O5/c1-6-25(4,5)24(28)30-21-12-15(2)11-17-8-7-16(3)20(23(17)21)10-9-19-13-18(26)14-22(27)29-19/h7-8,11,15-16,18-21,23,26H,6,9-10,12-14H2,1-5H3/t15-,16-,18+,19?,20-,21?,23-/m0/s1/i1D3,2D3,6D2,7D,8D,11D,12D2,15D,16D. The van der Waals surface area contributed by atoms with Crippen LogP contribution in [0.2, 0.25) is 0 Å². The molecule has 0 aromatic rings. The second-order valence-electron chi connectivity index (χ2n) is 8.48. The predicted molar refractivity (Wildman–Crippen MR) is 115 cm³/mol. The zero-order chi connectivity index (χ0) is 35.1. The van der Waals surface area contributed by atoms with Gasteiger partial charge in [-0.2, -0.15) is 0 Å². The maximum atomic E-state index is 13.7. The number of cyclic esters (lactones) is 1. The molecule has 0 aromatic carbocycles. The van der Waals surface area contributed by atoms with Crippen LogP contribution in [0.1, 0.15) is 93.5 Å². The second kappa shape index (κ2) is 9.25. The molecule has 5 nitrogen and oxygen atoms in total. The molecule has 168 valence electrons. The Morgan fingerprint density at radius 1 is 1.53 bits per heavy atom. The highest BCUT2D eigenvalue weighted by molar-refractivity contribution is 5.76. The molecule has 0 amide bonds. The number of esters is 2. The Morgan fingerprint density at radius 2 is 2.33 bits per heavy atom. The number of hydrogen-bond acceptors (Lipinski definition) is 5. The molecule has 0 saturated carbocycles. The lowest BCUT2D eigenvalue weighted by atomic mass is 9.65.